The van der Waals surface area contributed by atoms with Crippen LogP contribution in [0, 0.1) is 0 Å². The molecule has 0 radical (unpaired) electrons. The Balaban J connectivity index is 0.00000289. The molecule has 2 fully saturated rings. The lowest BCUT2D eigenvalue weighted by Crippen LogP contribution is -2.40. The number of carbonyl (C=O) groups excluding carboxylic acids is 1. The molecule has 2 saturated heterocycles. The van der Waals surface area contributed by atoms with Crippen LogP contribution in [0.3, 0.4) is 0 Å². The molecule has 0 saturated carbocycles. The van der Waals surface area contributed by atoms with Crippen LogP contribution in [0.4, 0.5) is 5.69 Å². The number of aryl methyl sites for hydroxylation is 1. The SMILES string of the molecule is CCNC(=NCc1cccc(NC(=O)C2CCCO2)c1)N1CCC(c2cnn(C)c2)C1.I. The van der Waals surface area contributed by atoms with Crippen LogP contribution in [0.25, 0.3) is 0 Å². The number of hydrogen-bond acceptors (Lipinski definition) is 4. The summed E-state index contributed by atoms with van der Waals surface area (Å²) in [4.78, 5) is 19.5. The van der Waals surface area contributed by atoms with E-state index in [1.54, 1.807) is 0 Å². The van der Waals surface area contributed by atoms with Crippen molar-refractivity contribution < 1.29 is 9.53 Å². The van der Waals surface area contributed by atoms with Crippen LogP contribution >= 0.6 is 24.0 Å². The first-order chi connectivity index (χ1) is 15.1. The molecular formula is C23H33IN6O2. The predicted octanol–water partition coefficient (Wildman–Crippen LogP) is 3.11. The van der Waals surface area contributed by atoms with Gasteiger partial charge in [-0.25, -0.2) is 4.99 Å². The summed E-state index contributed by atoms with van der Waals surface area (Å²) in [5, 5.41) is 10.7. The molecule has 0 aliphatic carbocycles. The third-order valence-electron chi connectivity index (χ3n) is 5.85. The molecule has 174 valence electrons. The number of amides is 1. The second-order valence-corrected chi connectivity index (χ2v) is 8.24. The molecule has 1 amide bonds. The van der Waals surface area contributed by atoms with E-state index < -0.39 is 0 Å². The molecule has 2 unspecified atom stereocenters. The number of rotatable bonds is 6. The van der Waals surface area contributed by atoms with Gasteiger partial charge in [-0.15, -0.1) is 24.0 Å². The average Bonchev–Trinajstić information content (AvgIpc) is 3.52. The van der Waals surface area contributed by atoms with E-state index in [0.717, 1.165) is 56.1 Å². The number of guanidine groups is 1. The summed E-state index contributed by atoms with van der Waals surface area (Å²) in [7, 11) is 1.96. The Morgan fingerprint density at radius 1 is 1.34 bits per heavy atom. The first-order valence-electron chi connectivity index (χ1n) is 11.2. The molecule has 8 nitrogen and oxygen atoms in total. The Morgan fingerprint density at radius 3 is 2.94 bits per heavy atom. The zero-order chi connectivity index (χ0) is 21.6. The third kappa shape index (κ3) is 6.22. The summed E-state index contributed by atoms with van der Waals surface area (Å²) in [5.41, 5.74) is 3.13. The van der Waals surface area contributed by atoms with E-state index in [9.17, 15) is 4.79 Å². The number of nitrogens with one attached hydrogen (secondary N) is 2. The monoisotopic (exact) mass is 552 g/mol. The number of hydrogen-bond donors (Lipinski definition) is 2. The van der Waals surface area contributed by atoms with Gasteiger partial charge in [0.2, 0.25) is 0 Å². The Hall–Kier alpha value is -2.14. The third-order valence-corrected chi connectivity index (χ3v) is 5.85. The zero-order valence-electron chi connectivity index (χ0n) is 18.8. The number of aliphatic imine (C=N–C) groups is 1. The number of benzene rings is 1. The summed E-state index contributed by atoms with van der Waals surface area (Å²) in [6.45, 7) is 6.05. The van der Waals surface area contributed by atoms with E-state index in [2.05, 4.69) is 33.8 Å². The maximum atomic E-state index is 12.3. The van der Waals surface area contributed by atoms with Crippen LogP contribution in [0.2, 0.25) is 0 Å². The van der Waals surface area contributed by atoms with Crippen LogP contribution in [-0.4, -0.2) is 58.9 Å². The van der Waals surface area contributed by atoms with Crippen LogP contribution < -0.4 is 10.6 Å². The van der Waals surface area contributed by atoms with Crippen molar-refractivity contribution in [3.8, 4) is 0 Å². The first-order valence-corrected chi connectivity index (χ1v) is 11.2. The minimum atomic E-state index is -0.329. The zero-order valence-corrected chi connectivity index (χ0v) is 21.1. The maximum Gasteiger partial charge on any atom is 0.253 e. The van der Waals surface area contributed by atoms with Crippen molar-refractivity contribution in [3.63, 3.8) is 0 Å². The van der Waals surface area contributed by atoms with E-state index in [1.807, 2.05) is 42.2 Å². The fraction of sp³-hybridized carbons (Fsp3) is 0.522. The number of anilines is 1. The van der Waals surface area contributed by atoms with Gasteiger partial charge in [0, 0.05) is 51.1 Å². The Bertz CT molecular complexity index is 925. The van der Waals surface area contributed by atoms with Crippen molar-refractivity contribution >= 4 is 41.5 Å². The van der Waals surface area contributed by atoms with Crippen molar-refractivity contribution in [3.05, 3.63) is 47.8 Å². The quantitative estimate of drug-likeness (QED) is 0.327. The van der Waals surface area contributed by atoms with E-state index in [1.165, 1.54) is 5.56 Å². The van der Waals surface area contributed by atoms with Crippen LogP contribution in [-0.2, 0) is 23.1 Å². The molecule has 0 bridgehead atoms. The molecule has 2 aromatic rings. The minimum absolute atomic E-state index is 0. The van der Waals surface area contributed by atoms with E-state index in [4.69, 9.17) is 9.73 Å². The maximum absolute atomic E-state index is 12.3. The summed E-state index contributed by atoms with van der Waals surface area (Å²) < 4.78 is 7.33. The second-order valence-electron chi connectivity index (χ2n) is 8.24. The highest BCUT2D eigenvalue weighted by molar-refractivity contribution is 14.0. The van der Waals surface area contributed by atoms with Gasteiger partial charge in [-0.2, -0.15) is 5.10 Å². The molecule has 1 aromatic carbocycles. The number of halogens is 1. The van der Waals surface area contributed by atoms with E-state index in [-0.39, 0.29) is 36.0 Å². The molecule has 2 N–H and O–H groups in total. The van der Waals surface area contributed by atoms with Gasteiger partial charge in [-0.3, -0.25) is 9.48 Å². The fourth-order valence-electron chi connectivity index (χ4n) is 4.22. The molecule has 9 heteroatoms. The Morgan fingerprint density at radius 2 is 2.22 bits per heavy atom. The van der Waals surface area contributed by atoms with Crippen molar-refractivity contribution in [2.24, 2.45) is 12.0 Å². The summed E-state index contributed by atoms with van der Waals surface area (Å²) in [5.74, 6) is 1.35. The van der Waals surface area contributed by atoms with E-state index >= 15 is 0 Å². The number of nitrogens with zero attached hydrogens (tertiary/aromatic N) is 4. The highest BCUT2D eigenvalue weighted by atomic mass is 127. The molecule has 32 heavy (non-hydrogen) atoms. The van der Waals surface area contributed by atoms with Gasteiger partial charge >= 0.3 is 0 Å². The number of ether oxygens (including phenoxy) is 1. The highest BCUT2D eigenvalue weighted by Gasteiger charge is 2.27. The fourth-order valence-corrected chi connectivity index (χ4v) is 4.22. The molecule has 0 spiro atoms. The Kier molecular flexibility index (Phi) is 8.92. The number of aromatic nitrogens is 2. The molecule has 3 heterocycles. The van der Waals surface area contributed by atoms with Crippen molar-refractivity contribution in [2.75, 3.05) is 31.6 Å². The second kappa shape index (κ2) is 11.6. The highest BCUT2D eigenvalue weighted by Crippen LogP contribution is 2.26. The molecule has 2 aliphatic heterocycles. The number of carbonyl (C=O) groups is 1. The lowest BCUT2D eigenvalue weighted by atomic mass is 10.0. The normalized spacial score (nSPS) is 20.8. The van der Waals surface area contributed by atoms with Gasteiger partial charge < -0.3 is 20.3 Å². The molecule has 4 rings (SSSR count). The lowest BCUT2D eigenvalue weighted by molar-refractivity contribution is -0.124. The van der Waals surface area contributed by atoms with Gasteiger partial charge in [0.25, 0.3) is 5.91 Å². The first kappa shape index (κ1) is 24.5. The van der Waals surface area contributed by atoms with Gasteiger partial charge in [0.05, 0.1) is 12.7 Å². The van der Waals surface area contributed by atoms with Gasteiger partial charge in [0.15, 0.2) is 5.96 Å². The smallest absolute Gasteiger partial charge is 0.253 e. The van der Waals surface area contributed by atoms with Crippen LogP contribution in [0.5, 0.6) is 0 Å². The average molecular weight is 552 g/mol. The lowest BCUT2D eigenvalue weighted by Gasteiger charge is -2.21. The molecular weight excluding hydrogens is 519 g/mol. The van der Waals surface area contributed by atoms with Crippen molar-refractivity contribution in [2.45, 2.75) is 44.8 Å². The van der Waals surface area contributed by atoms with Crippen LogP contribution in [0.1, 0.15) is 43.2 Å². The van der Waals surface area contributed by atoms with Crippen molar-refractivity contribution in [1.29, 1.82) is 0 Å². The molecule has 2 atom stereocenters. The van der Waals surface area contributed by atoms with Gasteiger partial charge in [0.1, 0.15) is 6.10 Å². The van der Waals surface area contributed by atoms with Crippen LogP contribution in [0.15, 0.2) is 41.7 Å². The Labute approximate surface area is 206 Å². The largest absolute Gasteiger partial charge is 0.368 e. The van der Waals surface area contributed by atoms with E-state index in [0.29, 0.717) is 19.1 Å². The summed E-state index contributed by atoms with van der Waals surface area (Å²) >= 11 is 0. The van der Waals surface area contributed by atoms with Gasteiger partial charge in [-0.05, 0) is 49.4 Å². The molecule has 2 aliphatic rings. The topological polar surface area (TPSA) is 83.8 Å². The number of likely N-dealkylation sites (tertiary alicyclic amines) is 1. The standard InChI is InChI=1S/C23H32N6O2.HI/c1-3-24-23(29-10-9-18(16-29)19-14-26-28(2)15-19)25-13-17-6-4-7-20(12-17)27-22(30)21-8-5-11-31-21;/h4,6-7,12,14-15,18,21H,3,5,8-11,13,16H2,1-2H3,(H,24,25)(H,27,30);1H. The minimum Gasteiger partial charge on any atom is -0.368 e. The summed E-state index contributed by atoms with van der Waals surface area (Å²) in [6.07, 6.45) is 6.57. The van der Waals surface area contributed by atoms with Gasteiger partial charge in [-0.1, -0.05) is 12.1 Å². The predicted molar refractivity (Wildman–Crippen MR) is 136 cm³/mol. The summed E-state index contributed by atoms with van der Waals surface area (Å²) in [6, 6.07) is 7.89. The molecule has 1 aromatic heterocycles. The van der Waals surface area contributed by atoms with Crippen molar-refractivity contribution in [1.82, 2.24) is 20.0 Å².